The lowest BCUT2D eigenvalue weighted by Crippen LogP contribution is -2.37. The summed E-state index contributed by atoms with van der Waals surface area (Å²) in [5.41, 5.74) is 7.86. The van der Waals surface area contributed by atoms with Crippen LogP contribution in [0.2, 0.25) is 0 Å². The summed E-state index contributed by atoms with van der Waals surface area (Å²) < 4.78 is 1.74. The Morgan fingerprint density at radius 1 is 1.28 bits per heavy atom. The van der Waals surface area contributed by atoms with E-state index >= 15 is 0 Å². The van der Waals surface area contributed by atoms with Crippen LogP contribution < -0.4 is 5.73 Å². The molecule has 1 atom stereocenters. The van der Waals surface area contributed by atoms with Gasteiger partial charge in [-0.05, 0) is 26.0 Å². The number of hydrogen-bond donors (Lipinski definition) is 1. The number of fused-ring (bicyclic) bond motifs is 1. The summed E-state index contributed by atoms with van der Waals surface area (Å²) in [6.07, 6.45) is 5.45. The van der Waals surface area contributed by atoms with Crippen molar-refractivity contribution in [3.05, 3.63) is 42.7 Å². The molecule has 8 nitrogen and oxygen atoms in total. The van der Waals surface area contributed by atoms with Gasteiger partial charge in [0.2, 0.25) is 5.91 Å². The standard InChI is InChI=1S/C17H21N7O/c1-3-23(9-7-13-6-4-5-8-19-13)17(25)12(2)24-11-22-14-15(18)20-10-21-16(14)24/h4-6,8,10-12H,3,7,9H2,1-2H3,(H2,18,20,21). The number of pyridine rings is 1. The highest BCUT2D eigenvalue weighted by Crippen LogP contribution is 2.20. The SMILES string of the molecule is CCN(CCc1ccccn1)C(=O)C(C)n1cnc2c(N)ncnc21. The molecule has 1 unspecified atom stereocenters. The molecule has 3 heterocycles. The van der Waals surface area contributed by atoms with E-state index in [0.717, 1.165) is 5.69 Å². The van der Waals surface area contributed by atoms with Gasteiger partial charge in [0.25, 0.3) is 0 Å². The number of carbonyl (C=O) groups is 1. The number of carbonyl (C=O) groups excluding carboxylic acids is 1. The Balaban J connectivity index is 1.76. The second-order valence-corrected chi connectivity index (χ2v) is 5.75. The number of anilines is 1. The molecule has 3 aromatic heterocycles. The zero-order valence-electron chi connectivity index (χ0n) is 14.3. The van der Waals surface area contributed by atoms with Crippen LogP contribution in [0.1, 0.15) is 25.6 Å². The Labute approximate surface area is 145 Å². The Kier molecular flexibility index (Phi) is 4.87. The third kappa shape index (κ3) is 3.42. The maximum atomic E-state index is 12.9. The third-order valence-corrected chi connectivity index (χ3v) is 4.22. The molecular formula is C17H21N7O. The monoisotopic (exact) mass is 339 g/mol. The molecule has 130 valence electrons. The lowest BCUT2D eigenvalue weighted by atomic mass is 10.2. The molecule has 0 aliphatic heterocycles. The third-order valence-electron chi connectivity index (χ3n) is 4.22. The van der Waals surface area contributed by atoms with E-state index < -0.39 is 6.04 Å². The van der Waals surface area contributed by atoms with Gasteiger partial charge >= 0.3 is 0 Å². The van der Waals surface area contributed by atoms with E-state index in [2.05, 4.69) is 19.9 Å². The van der Waals surface area contributed by atoms with Gasteiger partial charge in [0.15, 0.2) is 11.5 Å². The van der Waals surface area contributed by atoms with Crippen molar-refractivity contribution in [2.75, 3.05) is 18.8 Å². The van der Waals surface area contributed by atoms with Crippen LogP contribution in [0.4, 0.5) is 5.82 Å². The highest BCUT2D eigenvalue weighted by Gasteiger charge is 2.23. The summed E-state index contributed by atoms with van der Waals surface area (Å²) in [4.78, 5) is 31.4. The number of likely N-dealkylation sites (N-methyl/N-ethyl adjacent to an activating group) is 1. The van der Waals surface area contributed by atoms with Gasteiger partial charge in [0, 0.05) is 31.4 Å². The van der Waals surface area contributed by atoms with Crippen LogP contribution in [0.15, 0.2) is 37.1 Å². The quantitative estimate of drug-likeness (QED) is 0.729. The van der Waals surface area contributed by atoms with E-state index in [0.29, 0.717) is 36.5 Å². The molecule has 0 saturated carbocycles. The first-order valence-corrected chi connectivity index (χ1v) is 8.23. The molecule has 3 rings (SSSR count). The van der Waals surface area contributed by atoms with E-state index in [9.17, 15) is 4.79 Å². The first kappa shape index (κ1) is 16.8. The van der Waals surface area contributed by atoms with Crippen LogP contribution in [0.25, 0.3) is 11.2 Å². The van der Waals surface area contributed by atoms with Crippen molar-refractivity contribution >= 4 is 22.9 Å². The molecule has 8 heteroatoms. The first-order valence-electron chi connectivity index (χ1n) is 8.23. The Bertz CT molecular complexity index is 862. The van der Waals surface area contributed by atoms with E-state index in [-0.39, 0.29) is 5.91 Å². The van der Waals surface area contributed by atoms with Crippen LogP contribution in [-0.2, 0) is 11.2 Å². The van der Waals surface area contributed by atoms with Crippen LogP contribution in [0.3, 0.4) is 0 Å². The van der Waals surface area contributed by atoms with E-state index in [4.69, 9.17) is 5.73 Å². The zero-order valence-corrected chi connectivity index (χ0v) is 14.3. The van der Waals surface area contributed by atoms with Crippen molar-refractivity contribution in [3.8, 4) is 0 Å². The maximum Gasteiger partial charge on any atom is 0.245 e. The second kappa shape index (κ2) is 7.25. The number of hydrogen-bond acceptors (Lipinski definition) is 6. The smallest absolute Gasteiger partial charge is 0.245 e. The van der Waals surface area contributed by atoms with Crippen molar-refractivity contribution in [2.24, 2.45) is 0 Å². The normalized spacial score (nSPS) is 12.2. The fraction of sp³-hybridized carbons (Fsp3) is 0.353. The summed E-state index contributed by atoms with van der Waals surface area (Å²) in [6, 6.07) is 5.37. The molecule has 0 aromatic carbocycles. The van der Waals surface area contributed by atoms with E-state index in [1.807, 2.05) is 36.9 Å². The molecule has 0 bridgehead atoms. The number of rotatable bonds is 6. The minimum absolute atomic E-state index is 0.00918. The predicted octanol–water partition coefficient (Wildman–Crippen LogP) is 1.46. The van der Waals surface area contributed by atoms with Gasteiger partial charge in [-0.1, -0.05) is 6.07 Å². The molecule has 1 amide bonds. The number of imidazole rings is 1. The molecule has 0 spiro atoms. The van der Waals surface area contributed by atoms with E-state index in [1.165, 1.54) is 6.33 Å². The molecule has 25 heavy (non-hydrogen) atoms. The second-order valence-electron chi connectivity index (χ2n) is 5.75. The zero-order chi connectivity index (χ0) is 17.8. The molecule has 0 radical (unpaired) electrons. The summed E-state index contributed by atoms with van der Waals surface area (Å²) in [5, 5.41) is 0. The highest BCUT2D eigenvalue weighted by molar-refractivity contribution is 5.85. The molecular weight excluding hydrogens is 318 g/mol. The van der Waals surface area contributed by atoms with Crippen LogP contribution in [0, 0.1) is 0 Å². The molecule has 0 saturated heterocycles. The molecule has 0 aliphatic rings. The fourth-order valence-corrected chi connectivity index (χ4v) is 2.76. The Hall–Kier alpha value is -3.03. The van der Waals surface area contributed by atoms with Crippen molar-refractivity contribution in [1.82, 2.24) is 29.4 Å². The molecule has 0 aliphatic carbocycles. The molecule has 2 N–H and O–H groups in total. The highest BCUT2D eigenvalue weighted by atomic mass is 16.2. The lowest BCUT2D eigenvalue weighted by molar-refractivity contribution is -0.134. The predicted molar refractivity (Wildman–Crippen MR) is 94.6 cm³/mol. The first-order chi connectivity index (χ1) is 12.1. The minimum atomic E-state index is -0.428. The van der Waals surface area contributed by atoms with Crippen LogP contribution in [0.5, 0.6) is 0 Å². The topological polar surface area (TPSA) is 103 Å². The number of aromatic nitrogens is 5. The Morgan fingerprint density at radius 3 is 2.84 bits per heavy atom. The number of nitrogens with two attached hydrogens (primary N) is 1. The summed E-state index contributed by atoms with van der Waals surface area (Å²) in [5.74, 6) is 0.320. The fourth-order valence-electron chi connectivity index (χ4n) is 2.76. The van der Waals surface area contributed by atoms with E-state index in [1.54, 1.807) is 17.1 Å². The summed E-state index contributed by atoms with van der Waals surface area (Å²) in [7, 11) is 0. The summed E-state index contributed by atoms with van der Waals surface area (Å²) in [6.45, 7) is 5.04. The lowest BCUT2D eigenvalue weighted by Gasteiger charge is -2.25. The van der Waals surface area contributed by atoms with Gasteiger partial charge in [-0.2, -0.15) is 0 Å². The van der Waals surface area contributed by atoms with Crippen molar-refractivity contribution in [2.45, 2.75) is 26.3 Å². The van der Waals surface area contributed by atoms with Gasteiger partial charge < -0.3 is 15.2 Å². The molecule has 3 aromatic rings. The van der Waals surface area contributed by atoms with Gasteiger partial charge in [-0.15, -0.1) is 0 Å². The number of amides is 1. The number of nitrogens with zero attached hydrogens (tertiary/aromatic N) is 6. The minimum Gasteiger partial charge on any atom is -0.382 e. The van der Waals surface area contributed by atoms with Crippen molar-refractivity contribution in [1.29, 1.82) is 0 Å². The summed E-state index contributed by atoms with van der Waals surface area (Å²) >= 11 is 0. The van der Waals surface area contributed by atoms with Crippen molar-refractivity contribution in [3.63, 3.8) is 0 Å². The van der Waals surface area contributed by atoms with Gasteiger partial charge in [0.05, 0.1) is 6.33 Å². The van der Waals surface area contributed by atoms with Gasteiger partial charge in [-0.25, -0.2) is 15.0 Å². The van der Waals surface area contributed by atoms with Crippen LogP contribution in [-0.4, -0.2) is 48.4 Å². The number of nitrogen functional groups attached to an aromatic ring is 1. The maximum absolute atomic E-state index is 12.9. The average Bonchev–Trinajstić information content (AvgIpc) is 3.08. The van der Waals surface area contributed by atoms with Gasteiger partial charge in [-0.3, -0.25) is 9.78 Å². The Morgan fingerprint density at radius 2 is 2.12 bits per heavy atom. The largest absolute Gasteiger partial charge is 0.382 e. The van der Waals surface area contributed by atoms with Crippen LogP contribution >= 0.6 is 0 Å². The van der Waals surface area contributed by atoms with Crippen molar-refractivity contribution < 1.29 is 4.79 Å². The van der Waals surface area contributed by atoms with Gasteiger partial charge in [0.1, 0.15) is 17.9 Å². The average molecular weight is 339 g/mol. The molecule has 0 fully saturated rings.